The summed E-state index contributed by atoms with van der Waals surface area (Å²) in [5, 5.41) is 24.4. The third-order valence-electron chi connectivity index (χ3n) is 6.25. The van der Waals surface area contributed by atoms with Crippen molar-refractivity contribution >= 4 is 22.6 Å². The highest BCUT2D eigenvalue weighted by Crippen LogP contribution is 2.33. The zero-order chi connectivity index (χ0) is 23.4. The van der Waals surface area contributed by atoms with E-state index in [2.05, 4.69) is 16.3 Å². The van der Waals surface area contributed by atoms with Gasteiger partial charge in [0.2, 0.25) is 5.91 Å². The number of piperidine rings is 1. The largest absolute Gasteiger partial charge is 0.507 e. The lowest BCUT2D eigenvalue weighted by molar-refractivity contribution is -0.130. The number of carbonyl (C=O) groups is 1. The van der Waals surface area contributed by atoms with Crippen LogP contribution < -0.4 is 10.2 Å². The number of nitrogens with one attached hydrogen (secondary N) is 1. The quantitative estimate of drug-likeness (QED) is 0.499. The molecule has 2 heterocycles. The number of aliphatic hydroxyl groups is 1. The molecular weight excluding hydrogens is 416 g/mol. The molecule has 3 N–H and O–H groups in total. The van der Waals surface area contributed by atoms with E-state index in [0.29, 0.717) is 17.8 Å². The van der Waals surface area contributed by atoms with Gasteiger partial charge in [0.1, 0.15) is 17.7 Å². The molecule has 1 fully saturated rings. The second-order valence-corrected chi connectivity index (χ2v) is 8.84. The number of aromatic nitrogens is 2. The van der Waals surface area contributed by atoms with E-state index in [1.807, 2.05) is 38.1 Å². The predicted octanol–water partition coefficient (Wildman–Crippen LogP) is 4.19. The summed E-state index contributed by atoms with van der Waals surface area (Å²) in [6.07, 6.45) is 2.91. The van der Waals surface area contributed by atoms with Crippen LogP contribution in [0.1, 0.15) is 46.0 Å². The third-order valence-corrected chi connectivity index (χ3v) is 6.25. The number of amides is 1. The van der Waals surface area contributed by atoms with Gasteiger partial charge in [0.15, 0.2) is 5.82 Å². The Bertz CT molecular complexity index is 1130. The van der Waals surface area contributed by atoms with Gasteiger partial charge >= 0.3 is 0 Å². The average molecular weight is 451 g/mol. The molecule has 176 valence electrons. The van der Waals surface area contributed by atoms with Gasteiger partial charge in [-0.1, -0.05) is 38.0 Å². The van der Waals surface area contributed by atoms with Crippen LogP contribution in [0, 0.1) is 6.92 Å². The summed E-state index contributed by atoms with van der Waals surface area (Å²) in [6.45, 7) is 5.54. The maximum absolute atomic E-state index is 12.3. The monoisotopic (exact) mass is 450 g/mol. The second-order valence-electron chi connectivity index (χ2n) is 8.84. The second kappa shape index (κ2) is 10.2. The molecule has 1 amide bonds. The molecule has 0 spiro atoms. The van der Waals surface area contributed by atoms with Crippen LogP contribution in [0.3, 0.4) is 0 Å². The van der Waals surface area contributed by atoms with Gasteiger partial charge in [-0.2, -0.15) is 0 Å². The smallest absolute Gasteiger partial charge is 0.249 e. The average Bonchev–Trinajstić information content (AvgIpc) is 2.82. The molecule has 1 atom stereocenters. The molecule has 0 aliphatic carbocycles. The molecule has 1 aliphatic rings. The molecule has 7 heteroatoms. The molecule has 3 aromatic rings. The third kappa shape index (κ3) is 5.25. The van der Waals surface area contributed by atoms with Crippen molar-refractivity contribution in [1.82, 2.24) is 15.3 Å². The van der Waals surface area contributed by atoms with Crippen molar-refractivity contribution in [1.29, 1.82) is 0 Å². The molecule has 2 aromatic carbocycles. The first-order chi connectivity index (χ1) is 16.0. The highest BCUT2D eigenvalue weighted by atomic mass is 16.3. The lowest BCUT2D eigenvalue weighted by Gasteiger charge is -2.34. The molecule has 1 unspecified atom stereocenters. The van der Waals surface area contributed by atoms with Crippen molar-refractivity contribution in [3.8, 4) is 17.1 Å². The topological polar surface area (TPSA) is 98.6 Å². The number of fused-ring (bicyclic) bond motifs is 1. The van der Waals surface area contributed by atoms with Gasteiger partial charge in [0.05, 0.1) is 11.1 Å². The van der Waals surface area contributed by atoms with Crippen molar-refractivity contribution in [2.45, 2.75) is 58.1 Å². The maximum Gasteiger partial charge on any atom is 0.249 e. The zero-order valence-corrected chi connectivity index (χ0v) is 19.3. The number of anilines is 1. The molecule has 0 saturated carbocycles. The standard InChI is InChI=1S/C26H32N4O3.H2/c1-3-4-8-23(32)26(33)27-18-12-14-30(15-13-18)25-19-11-10-17(2)16-21(19)28-24(29-25)20-7-5-6-9-22(20)31;/h5-7,9-11,16,18,23,31-32H,3-4,8,12-15H2,1-2H3,(H,27,33);1H. The predicted molar refractivity (Wildman–Crippen MR) is 132 cm³/mol. The van der Waals surface area contributed by atoms with Crippen LogP contribution in [0.25, 0.3) is 22.3 Å². The Hall–Kier alpha value is -3.19. The number of unbranched alkanes of at least 4 members (excludes halogenated alkanes) is 1. The normalized spacial score (nSPS) is 15.5. The van der Waals surface area contributed by atoms with Gasteiger partial charge in [-0.15, -0.1) is 0 Å². The van der Waals surface area contributed by atoms with Gasteiger partial charge < -0.3 is 20.4 Å². The fourth-order valence-electron chi connectivity index (χ4n) is 4.31. The minimum atomic E-state index is -0.932. The molecule has 4 rings (SSSR count). The van der Waals surface area contributed by atoms with E-state index in [4.69, 9.17) is 9.97 Å². The zero-order valence-electron chi connectivity index (χ0n) is 19.3. The molecular formula is C26H34N4O3. The van der Waals surface area contributed by atoms with Gasteiger partial charge in [-0.25, -0.2) is 9.97 Å². The van der Waals surface area contributed by atoms with Crippen LogP contribution in [-0.4, -0.2) is 51.3 Å². The number of carbonyl (C=O) groups excluding carboxylic acids is 1. The number of aromatic hydroxyl groups is 1. The molecule has 1 aliphatic heterocycles. The summed E-state index contributed by atoms with van der Waals surface area (Å²) < 4.78 is 0. The molecule has 1 aromatic heterocycles. The lowest BCUT2D eigenvalue weighted by Crippen LogP contribution is -2.47. The van der Waals surface area contributed by atoms with Crippen molar-refractivity contribution in [3.63, 3.8) is 0 Å². The van der Waals surface area contributed by atoms with Crippen LogP contribution >= 0.6 is 0 Å². The van der Waals surface area contributed by atoms with E-state index in [1.54, 1.807) is 12.1 Å². The Kier molecular flexibility index (Phi) is 7.08. The van der Waals surface area contributed by atoms with Gasteiger partial charge in [-0.3, -0.25) is 4.79 Å². The lowest BCUT2D eigenvalue weighted by atomic mass is 10.0. The van der Waals surface area contributed by atoms with E-state index in [0.717, 1.165) is 61.1 Å². The summed E-state index contributed by atoms with van der Waals surface area (Å²) in [7, 11) is 0. The van der Waals surface area contributed by atoms with Crippen LogP contribution in [0.15, 0.2) is 42.5 Å². The number of benzene rings is 2. The van der Waals surface area contributed by atoms with Crippen molar-refractivity contribution in [3.05, 3.63) is 48.0 Å². The number of rotatable bonds is 7. The summed E-state index contributed by atoms with van der Waals surface area (Å²) >= 11 is 0. The van der Waals surface area contributed by atoms with E-state index < -0.39 is 6.10 Å². The number of para-hydroxylation sites is 1. The number of phenolic OH excluding ortho intramolecular Hbond substituents is 1. The minimum absolute atomic E-state index is 0. The maximum atomic E-state index is 12.3. The Morgan fingerprint density at radius 3 is 2.70 bits per heavy atom. The van der Waals surface area contributed by atoms with Crippen molar-refractivity contribution < 1.29 is 16.4 Å². The van der Waals surface area contributed by atoms with E-state index >= 15 is 0 Å². The Morgan fingerprint density at radius 2 is 1.97 bits per heavy atom. The van der Waals surface area contributed by atoms with Crippen LogP contribution in [0.4, 0.5) is 5.82 Å². The highest BCUT2D eigenvalue weighted by molar-refractivity contribution is 5.92. The summed E-state index contributed by atoms with van der Waals surface area (Å²) in [6, 6.07) is 13.3. The molecule has 33 heavy (non-hydrogen) atoms. The Balaban J connectivity index is 0.00000324. The highest BCUT2D eigenvalue weighted by Gasteiger charge is 2.25. The Labute approximate surface area is 196 Å². The van der Waals surface area contributed by atoms with E-state index in [9.17, 15) is 15.0 Å². The first-order valence-electron chi connectivity index (χ1n) is 11.8. The molecule has 0 bridgehead atoms. The van der Waals surface area contributed by atoms with Crippen molar-refractivity contribution in [2.24, 2.45) is 0 Å². The molecule has 0 radical (unpaired) electrons. The number of phenols is 1. The van der Waals surface area contributed by atoms with Crippen LogP contribution in [0.2, 0.25) is 0 Å². The molecule has 7 nitrogen and oxygen atoms in total. The SMILES string of the molecule is CCCCC(O)C(=O)NC1CCN(c2nc(-c3ccccc3O)nc3cc(C)ccc23)CC1.[HH]. The summed E-state index contributed by atoms with van der Waals surface area (Å²) in [4.78, 5) is 24.1. The minimum Gasteiger partial charge on any atom is -0.507 e. The number of nitrogens with zero attached hydrogens (tertiary/aromatic N) is 3. The Morgan fingerprint density at radius 1 is 1.21 bits per heavy atom. The van der Waals surface area contributed by atoms with Gasteiger partial charge in [-0.05, 0) is 56.0 Å². The van der Waals surface area contributed by atoms with Crippen molar-refractivity contribution in [2.75, 3.05) is 18.0 Å². The fourth-order valence-corrected chi connectivity index (χ4v) is 4.31. The summed E-state index contributed by atoms with van der Waals surface area (Å²) in [5.74, 6) is 1.21. The van der Waals surface area contributed by atoms with Gasteiger partial charge in [0.25, 0.3) is 0 Å². The van der Waals surface area contributed by atoms with E-state index in [1.165, 1.54) is 0 Å². The first kappa shape index (κ1) is 23.0. The summed E-state index contributed by atoms with van der Waals surface area (Å²) in [5.41, 5.74) is 2.55. The first-order valence-corrected chi connectivity index (χ1v) is 11.8. The fraction of sp³-hybridized carbons (Fsp3) is 0.423. The number of hydrogen-bond donors (Lipinski definition) is 3. The number of aryl methyl sites for hydroxylation is 1. The van der Waals surface area contributed by atoms with Crippen LogP contribution in [-0.2, 0) is 4.79 Å². The molecule has 1 saturated heterocycles. The van der Waals surface area contributed by atoms with Gasteiger partial charge in [0, 0.05) is 25.9 Å². The van der Waals surface area contributed by atoms with E-state index in [-0.39, 0.29) is 19.1 Å². The number of hydrogen-bond acceptors (Lipinski definition) is 6. The number of aliphatic hydroxyl groups excluding tert-OH is 1. The van der Waals surface area contributed by atoms with Crippen LogP contribution in [0.5, 0.6) is 5.75 Å².